The number of amides is 2. The van der Waals surface area contributed by atoms with Crippen molar-refractivity contribution in [2.45, 2.75) is 13.0 Å². The fourth-order valence-electron chi connectivity index (χ4n) is 1.91. The molecule has 2 amide bonds. The van der Waals surface area contributed by atoms with Crippen LogP contribution in [0.25, 0.3) is 0 Å². The molecule has 0 radical (unpaired) electrons. The van der Waals surface area contributed by atoms with E-state index in [2.05, 4.69) is 10.6 Å². The number of carbonyl (C=O) groups excluding carboxylic acids is 1. The number of ether oxygens (including phenoxy) is 2. The summed E-state index contributed by atoms with van der Waals surface area (Å²) in [6.45, 7) is 1.65. The van der Waals surface area contributed by atoms with E-state index in [-0.39, 0.29) is 12.3 Å². The van der Waals surface area contributed by atoms with Crippen molar-refractivity contribution in [3.8, 4) is 11.5 Å². The summed E-state index contributed by atoms with van der Waals surface area (Å²) in [7, 11) is -3.07. The van der Waals surface area contributed by atoms with Crippen LogP contribution in [-0.4, -0.2) is 46.2 Å². The van der Waals surface area contributed by atoms with Gasteiger partial charge in [-0.2, -0.15) is 0 Å². The van der Waals surface area contributed by atoms with E-state index in [0.717, 1.165) is 18.2 Å². The van der Waals surface area contributed by atoms with Crippen molar-refractivity contribution in [3.05, 3.63) is 23.8 Å². The minimum atomic E-state index is -3.07. The van der Waals surface area contributed by atoms with Gasteiger partial charge in [0.05, 0.1) is 19.0 Å². The Bertz CT molecular complexity index is 630. The van der Waals surface area contributed by atoms with Gasteiger partial charge in [0.2, 0.25) is 0 Å². The number of hydrogen-bond acceptors (Lipinski definition) is 5. The molecular formula is C14H20N2O5S. The SMILES string of the molecule is CS(=O)(=O)CCNC(=O)NCc1ccc2c(c1)OCCCO2. The normalized spacial score (nSPS) is 14.0. The first-order chi connectivity index (χ1) is 10.4. The highest BCUT2D eigenvalue weighted by molar-refractivity contribution is 7.90. The molecule has 2 rings (SSSR count). The van der Waals surface area contributed by atoms with Crippen LogP contribution in [0.5, 0.6) is 11.5 Å². The molecule has 0 aliphatic carbocycles. The van der Waals surface area contributed by atoms with Crippen LogP contribution in [0.3, 0.4) is 0 Å². The van der Waals surface area contributed by atoms with Crippen LogP contribution in [0.15, 0.2) is 18.2 Å². The summed E-state index contributed by atoms with van der Waals surface area (Å²) in [6.07, 6.45) is 1.97. The fourth-order valence-corrected chi connectivity index (χ4v) is 2.39. The zero-order valence-corrected chi connectivity index (χ0v) is 13.2. The highest BCUT2D eigenvalue weighted by Gasteiger charge is 2.11. The molecule has 22 heavy (non-hydrogen) atoms. The standard InChI is InChI=1S/C14H20N2O5S/c1-22(18,19)8-5-15-14(17)16-10-11-3-4-12-13(9-11)21-7-2-6-20-12/h3-4,9H,2,5-8,10H2,1H3,(H2,15,16,17). The van der Waals surface area contributed by atoms with E-state index in [1.807, 2.05) is 18.2 Å². The Kier molecular flexibility index (Phi) is 5.48. The van der Waals surface area contributed by atoms with Gasteiger partial charge >= 0.3 is 6.03 Å². The lowest BCUT2D eigenvalue weighted by atomic mass is 10.2. The van der Waals surface area contributed by atoms with Crippen LogP contribution in [0.4, 0.5) is 4.79 Å². The molecule has 1 heterocycles. The van der Waals surface area contributed by atoms with Gasteiger partial charge in [-0.25, -0.2) is 13.2 Å². The molecule has 2 N–H and O–H groups in total. The summed E-state index contributed by atoms with van der Waals surface area (Å²) in [6, 6.07) is 5.09. The van der Waals surface area contributed by atoms with Gasteiger partial charge in [0.25, 0.3) is 0 Å². The summed E-state index contributed by atoms with van der Waals surface area (Å²) in [4.78, 5) is 11.6. The maximum atomic E-state index is 11.6. The number of rotatable bonds is 5. The zero-order valence-electron chi connectivity index (χ0n) is 12.4. The monoisotopic (exact) mass is 328 g/mol. The van der Waals surface area contributed by atoms with Crippen molar-refractivity contribution in [1.29, 1.82) is 0 Å². The second-order valence-electron chi connectivity index (χ2n) is 5.07. The molecule has 1 aliphatic heterocycles. The van der Waals surface area contributed by atoms with Gasteiger partial charge in [-0.05, 0) is 17.7 Å². The average Bonchev–Trinajstić information content (AvgIpc) is 2.68. The van der Waals surface area contributed by atoms with E-state index >= 15 is 0 Å². The summed E-state index contributed by atoms with van der Waals surface area (Å²) in [5.74, 6) is 1.30. The summed E-state index contributed by atoms with van der Waals surface area (Å²) >= 11 is 0. The molecule has 0 saturated heterocycles. The van der Waals surface area contributed by atoms with Gasteiger partial charge in [0, 0.05) is 25.8 Å². The van der Waals surface area contributed by atoms with Crippen LogP contribution >= 0.6 is 0 Å². The predicted octanol–water partition coefficient (Wildman–Crippen LogP) is 0.692. The van der Waals surface area contributed by atoms with E-state index in [0.29, 0.717) is 31.3 Å². The second kappa shape index (κ2) is 7.35. The Morgan fingerprint density at radius 3 is 2.64 bits per heavy atom. The molecule has 0 aromatic heterocycles. The Labute approximate surface area is 129 Å². The lowest BCUT2D eigenvalue weighted by Crippen LogP contribution is -2.37. The van der Waals surface area contributed by atoms with Crippen LogP contribution < -0.4 is 20.1 Å². The second-order valence-corrected chi connectivity index (χ2v) is 7.33. The summed E-state index contributed by atoms with van der Waals surface area (Å²) < 4.78 is 33.0. The molecule has 0 bridgehead atoms. The van der Waals surface area contributed by atoms with E-state index < -0.39 is 15.9 Å². The molecule has 1 aromatic rings. The first-order valence-electron chi connectivity index (χ1n) is 7.02. The number of hydrogen-bond donors (Lipinski definition) is 2. The predicted molar refractivity (Wildman–Crippen MR) is 82.0 cm³/mol. The Balaban J connectivity index is 1.81. The van der Waals surface area contributed by atoms with E-state index in [9.17, 15) is 13.2 Å². The van der Waals surface area contributed by atoms with Crippen LogP contribution in [0.2, 0.25) is 0 Å². The van der Waals surface area contributed by atoms with E-state index in [1.165, 1.54) is 0 Å². The summed E-state index contributed by atoms with van der Waals surface area (Å²) in [5.41, 5.74) is 0.877. The molecule has 0 fully saturated rings. The third-order valence-corrected chi connectivity index (χ3v) is 3.97. The van der Waals surface area contributed by atoms with Gasteiger partial charge in [-0.15, -0.1) is 0 Å². The van der Waals surface area contributed by atoms with Crippen LogP contribution in [0, 0.1) is 0 Å². The third-order valence-electron chi connectivity index (χ3n) is 3.02. The van der Waals surface area contributed by atoms with Crippen molar-refractivity contribution >= 4 is 15.9 Å². The third kappa shape index (κ3) is 5.44. The van der Waals surface area contributed by atoms with Crippen LogP contribution in [-0.2, 0) is 16.4 Å². The number of sulfone groups is 1. The quantitative estimate of drug-likeness (QED) is 0.829. The zero-order chi connectivity index (χ0) is 16.0. The van der Waals surface area contributed by atoms with Crippen molar-refractivity contribution in [1.82, 2.24) is 10.6 Å². The number of fused-ring (bicyclic) bond motifs is 1. The highest BCUT2D eigenvalue weighted by Crippen LogP contribution is 2.30. The largest absolute Gasteiger partial charge is 0.490 e. The Hall–Kier alpha value is -1.96. The van der Waals surface area contributed by atoms with E-state index in [4.69, 9.17) is 9.47 Å². The number of nitrogens with one attached hydrogen (secondary N) is 2. The average molecular weight is 328 g/mol. The number of urea groups is 1. The molecule has 0 spiro atoms. The minimum Gasteiger partial charge on any atom is -0.490 e. The summed E-state index contributed by atoms with van der Waals surface area (Å²) in [5, 5.41) is 5.16. The first kappa shape index (κ1) is 16.4. The minimum absolute atomic E-state index is 0.0789. The van der Waals surface area contributed by atoms with Gasteiger partial charge in [0.1, 0.15) is 9.84 Å². The van der Waals surface area contributed by atoms with Gasteiger partial charge in [-0.1, -0.05) is 6.07 Å². The van der Waals surface area contributed by atoms with Gasteiger partial charge in [-0.3, -0.25) is 0 Å². The fraction of sp³-hybridized carbons (Fsp3) is 0.500. The molecule has 0 unspecified atom stereocenters. The number of benzene rings is 1. The van der Waals surface area contributed by atoms with Crippen molar-refractivity contribution < 1.29 is 22.7 Å². The molecule has 0 atom stereocenters. The van der Waals surface area contributed by atoms with Crippen LogP contribution in [0.1, 0.15) is 12.0 Å². The van der Waals surface area contributed by atoms with Crippen molar-refractivity contribution in [2.75, 3.05) is 31.8 Å². The topological polar surface area (TPSA) is 93.7 Å². The highest BCUT2D eigenvalue weighted by atomic mass is 32.2. The molecule has 0 saturated carbocycles. The maximum Gasteiger partial charge on any atom is 0.315 e. The molecule has 122 valence electrons. The van der Waals surface area contributed by atoms with Crippen molar-refractivity contribution in [3.63, 3.8) is 0 Å². The first-order valence-corrected chi connectivity index (χ1v) is 9.08. The molecule has 1 aliphatic rings. The van der Waals surface area contributed by atoms with Gasteiger partial charge < -0.3 is 20.1 Å². The Morgan fingerprint density at radius 2 is 1.91 bits per heavy atom. The molecule has 1 aromatic carbocycles. The van der Waals surface area contributed by atoms with Crippen molar-refractivity contribution in [2.24, 2.45) is 0 Å². The lowest BCUT2D eigenvalue weighted by Gasteiger charge is -2.10. The Morgan fingerprint density at radius 1 is 1.18 bits per heavy atom. The number of carbonyl (C=O) groups is 1. The van der Waals surface area contributed by atoms with Gasteiger partial charge in [0.15, 0.2) is 11.5 Å². The van der Waals surface area contributed by atoms with E-state index in [1.54, 1.807) is 0 Å². The smallest absolute Gasteiger partial charge is 0.315 e. The maximum absolute atomic E-state index is 11.6. The molecule has 7 nitrogen and oxygen atoms in total. The molecular weight excluding hydrogens is 308 g/mol. The molecule has 8 heteroatoms. The lowest BCUT2D eigenvalue weighted by molar-refractivity contribution is 0.241.